The first-order valence-corrected chi connectivity index (χ1v) is 7.53. The van der Waals surface area contributed by atoms with Gasteiger partial charge in [0.05, 0.1) is 0 Å². The zero-order chi connectivity index (χ0) is 16.4. The Kier molecular flexibility index (Phi) is 4.25. The number of aliphatic carboxylic acids is 1. The van der Waals surface area contributed by atoms with Gasteiger partial charge < -0.3 is 14.3 Å². The van der Waals surface area contributed by atoms with Crippen LogP contribution in [0, 0.1) is 5.82 Å². The molecule has 0 saturated heterocycles. The van der Waals surface area contributed by atoms with Crippen molar-refractivity contribution < 1.29 is 18.7 Å². The topological polar surface area (TPSA) is 66.2 Å². The molecule has 0 radical (unpaired) electrons. The summed E-state index contributed by atoms with van der Waals surface area (Å²) in [5.74, 6) is -1.64. The van der Waals surface area contributed by atoms with Crippen molar-refractivity contribution in [1.29, 1.82) is 0 Å². The van der Waals surface area contributed by atoms with Crippen molar-refractivity contribution in [2.45, 2.75) is 6.42 Å². The Morgan fingerprint density at radius 1 is 1.30 bits per heavy atom. The van der Waals surface area contributed by atoms with Gasteiger partial charge in [0.2, 0.25) is 5.89 Å². The van der Waals surface area contributed by atoms with Gasteiger partial charge in [-0.3, -0.25) is 0 Å². The number of fused-ring (bicyclic) bond motifs is 1. The number of carboxylic acids is 1. The predicted molar refractivity (Wildman–Crippen MR) is 85.6 cm³/mol. The largest absolute Gasteiger partial charge is 0.550 e. The Morgan fingerprint density at radius 3 is 2.78 bits per heavy atom. The van der Waals surface area contributed by atoms with Crippen molar-refractivity contribution in [2.75, 3.05) is 0 Å². The molecule has 0 aliphatic heterocycles. The van der Waals surface area contributed by atoms with E-state index in [1.54, 1.807) is 30.3 Å². The van der Waals surface area contributed by atoms with E-state index in [1.165, 1.54) is 18.2 Å². The van der Waals surface area contributed by atoms with Gasteiger partial charge in [-0.1, -0.05) is 34.1 Å². The Bertz CT molecular complexity index is 884. The molecule has 0 atom stereocenters. The fourth-order valence-electron chi connectivity index (χ4n) is 2.16. The number of carbonyl (C=O) groups excluding carboxylic acids is 1. The number of rotatable bonds is 4. The van der Waals surface area contributed by atoms with Gasteiger partial charge in [0, 0.05) is 28.0 Å². The summed E-state index contributed by atoms with van der Waals surface area (Å²) in [7, 11) is 0. The summed E-state index contributed by atoms with van der Waals surface area (Å²) in [6.07, 6.45) is 0.977. The van der Waals surface area contributed by atoms with Crippen molar-refractivity contribution in [2.24, 2.45) is 0 Å². The number of halogens is 2. The lowest BCUT2D eigenvalue weighted by Crippen LogP contribution is -2.22. The van der Waals surface area contributed by atoms with Crippen LogP contribution in [0.5, 0.6) is 0 Å². The molecule has 3 aromatic rings. The molecule has 116 valence electrons. The van der Waals surface area contributed by atoms with Gasteiger partial charge in [0.15, 0.2) is 5.58 Å². The standard InChI is InChI=1S/C17H11BrFNO3/c18-12-6-5-10(13(19)9-12)7-11(8-16(21)22)17-20-14-3-1-2-4-15(14)23-17/h1-7,9H,8H2,(H,21,22)/p-1/b11-7+. The van der Waals surface area contributed by atoms with Crippen molar-refractivity contribution >= 4 is 44.6 Å². The highest BCUT2D eigenvalue weighted by atomic mass is 79.9. The third-order valence-electron chi connectivity index (χ3n) is 3.20. The Balaban J connectivity index is 2.09. The van der Waals surface area contributed by atoms with E-state index in [4.69, 9.17) is 4.42 Å². The summed E-state index contributed by atoms with van der Waals surface area (Å²) in [6.45, 7) is 0. The van der Waals surface area contributed by atoms with Crippen molar-refractivity contribution in [1.82, 2.24) is 4.98 Å². The quantitative estimate of drug-likeness (QED) is 0.701. The molecular formula is C17H10BrFNO3-. The molecule has 0 N–H and O–H groups in total. The molecule has 0 fully saturated rings. The Hall–Kier alpha value is -2.47. The van der Waals surface area contributed by atoms with Crippen LogP contribution in [0.1, 0.15) is 17.9 Å². The minimum absolute atomic E-state index is 0.137. The Labute approximate surface area is 139 Å². The second kappa shape index (κ2) is 6.34. The maximum atomic E-state index is 14.0. The van der Waals surface area contributed by atoms with Crippen LogP contribution in [0.2, 0.25) is 0 Å². The van der Waals surface area contributed by atoms with E-state index in [0.29, 0.717) is 15.6 Å². The molecule has 0 amide bonds. The fourth-order valence-corrected chi connectivity index (χ4v) is 2.49. The van der Waals surface area contributed by atoms with E-state index in [0.717, 1.165) is 0 Å². The van der Waals surface area contributed by atoms with Crippen LogP contribution >= 0.6 is 15.9 Å². The first kappa shape index (κ1) is 15.4. The fraction of sp³-hybridized carbons (Fsp3) is 0.0588. The second-order valence-corrected chi connectivity index (χ2v) is 5.79. The van der Waals surface area contributed by atoms with Crippen molar-refractivity contribution in [3.63, 3.8) is 0 Å². The van der Waals surface area contributed by atoms with E-state index in [-0.39, 0.29) is 17.0 Å². The van der Waals surface area contributed by atoms with Gasteiger partial charge in [0.1, 0.15) is 11.3 Å². The minimum Gasteiger partial charge on any atom is -0.550 e. The summed E-state index contributed by atoms with van der Waals surface area (Å²) >= 11 is 3.18. The summed E-state index contributed by atoms with van der Waals surface area (Å²) < 4.78 is 20.1. The first-order valence-electron chi connectivity index (χ1n) is 6.74. The van der Waals surface area contributed by atoms with Crippen LogP contribution < -0.4 is 5.11 Å². The number of carboxylic acid groups (broad SMARTS) is 1. The molecule has 0 saturated carbocycles. The van der Waals surface area contributed by atoms with Crippen LogP contribution in [0.25, 0.3) is 22.7 Å². The molecule has 4 nitrogen and oxygen atoms in total. The summed E-state index contributed by atoms with van der Waals surface area (Å²) in [5, 5.41) is 11.0. The van der Waals surface area contributed by atoms with Gasteiger partial charge in [-0.25, -0.2) is 9.37 Å². The third-order valence-corrected chi connectivity index (χ3v) is 3.69. The van der Waals surface area contributed by atoms with E-state index >= 15 is 0 Å². The van der Waals surface area contributed by atoms with Crippen molar-refractivity contribution in [3.8, 4) is 0 Å². The van der Waals surface area contributed by atoms with E-state index in [1.807, 2.05) is 0 Å². The molecule has 2 aromatic carbocycles. The maximum Gasteiger partial charge on any atom is 0.223 e. The molecule has 6 heteroatoms. The highest BCUT2D eigenvalue weighted by Gasteiger charge is 2.12. The van der Waals surface area contributed by atoms with Gasteiger partial charge in [-0.15, -0.1) is 0 Å². The normalized spacial score (nSPS) is 11.8. The van der Waals surface area contributed by atoms with E-state index < -0.39 is 18.2 Å². The zero-order valence-corrected chi connectivity index (χ0v) is 13.3. The average molecular weight is 375 g/mol. The Morgan fingerprint density at radius 2 is 2.09 bits per heavy atom. The van der Waals surface area contributed by atoms with Crippen LogP contribution in [0.3, 0.4) is 0 Å². The monoisotopic (exact) mass is 374 g/mol. The average Bonchev–Trinajstić information content (AvgIpc) is 2.92. The summed E-state index contributed by atoms with van der Waals surface area (Å²) in [6, 6.07) is 11.6. The van der Waals surface area contributed by atoms with Gasteiger partial charge >= 0.3 is 0 Å². The number of oxazole rings is 1. The number of carbonyl (C=O) groups is 1. The lowest BCUT2D eigenvalue weighted by Gasteiger charge is -2.06. The smallest absolute Gasteiger partial charge is 0.223 e. The molecule has 3 rings (SSSR count). The molecule has 0 spiro atoms. The lowest BCUT2D eigenvalue weighted by atomic mass is 10.1. The van der Waals surface area contributed by atoms with Crippen LogP contribution in [0.15, 0.2) is 51.4 Å². The number of aromatic nitrogens is 1. The SMILES string of the molecule is O=C([O-])C/C(=C\c1ccc(Br)cc1F)c1nc2ccccc2o1. The molecule has 1 heterocycles. The van der Waals surface area contributed by atoms with Gasteiger partial charge in [0.25, 0.3) is 0 Å². The number of para-hydroxylation sites is 2. The molecule has 0 aliphatic carbocycles. The van der Waals surface area contributed by atoms with Crippen LogP contribution in [0.4, 0.5) is 4.39 Å². The van der Waals surface area contributed by atoms with E-state index in [2.05, 4.69) is 20.9 Å². The summed E-state index contributed by atoms with van der Waals surface area (Å²) in [5.41, 5.74) is 1.61. The lowest BCUT2D eigenvalue weighted by molar-refractivity contribution is -0.304. The number of hydrogen-bond donors (Lipinski definition) is 0. The molecule has 0 bridgehead atoms. The van der Waals surface area contributed by atoms with Crippen LogP contribution in [-0.2, 0) is 4.79 Å². The predicted octanol–water partition coefficient (Wildman–Crippen LogP) is 3.41. The zero-order valence-electron chi connectivity index (χ0n) is 11.8. The highest BCUT2D eigenvalue weighted by Crippen LogP contribution is 2.26. The molecule has 0 aliphatic rings. The maximum absolute atomic E-state index is 14.0. The van der Waals surface area contributed by atoms with E-state index in [9.17, 15) is 14.3 Å². The second-order valence-electron chi connectivity index (χ2n) is 4.87. The van der Waals surface area contributed by atoms with Gasteiger partial charge in [-0.05, 0) is 30.3 Å². The van der Waals surface area contributed by atoms with Gasteiger partial charge in [-0.2, -0.15) is 0 Å². The molecular weight excluding hydrogens is 365 g/mol. The number of benzene rings is 2. The molecule has 0 unspecified atom stereocenters. The van der Waals surface area contributed by atoms with Crippen molar-refractivity contribution in [3.05, 3.63) is 64.2 Å². The highest BCUT2D eigenvalue weighted by molar-refractivity contribution is 9.10. The number of hydrogen-bond acceptors (Lipinski definition) is 4. The summed E-state index contributed by atoms with van der Waals surface area (Å²) in [4.78, 5) is 15.3. The minimum atomic E-state index is -1.30. The molecule has 23 heavy (non-hydrogen) atoms. The first-order chi connectivity index (χ1) is 11.0. The number of nitrogens with zero attached hydrogens (tertiary/aromatic N) is 1. The molecule has 1 aromatic heterocycles. The third kappa shape index (κ3) is 3.48. The van der Waals surface area contributed by atoms with Crippen LogP contribution in [-0.4, -0.2) is 11.0 Å².